The molecular formula is C16H21NO4. The zero-order valence-corrected chi connectivity index (χ0v) is 12.0. The fourth-order valence-corrected chi connectivity index (χ4v) is 2.84. The van der Waals surface area contributed by atoms with Crippen LogP contribution >= 0.6 is 0 Å². The van der Waals surface area contributed by atoms with Crippen LogP contribution in [0.2, 0.25) is 0 Å². The number of carbonyl (C=O) groups is 2. The highest BCUT2D eigenvalue weighted by molar-refractivity contribution is 5.98. The molecule has 0 spiro atoms. The van der Waals surface area contributed by atoms with Gasteiger partial charge in [-0.3, -0.25) is 9.59 Å². The van der Waals surface area contributed by atoms with E-state index in [1.807, 2.05) is 6.07 Å². The lowest BCUT2D eigenvalue weighted by Gasteiger charge is -2.27. The van der Waals surface area contributed by atoms with Gasteiger partial charge in [-0.05, 0) is 50.9 Å². The zero-order valence-electron chi connectivity index (χ0n) is 12.0. The quantitative estimate of drug-likeness (QED) is 0.750. The predicted molar refractivity (Wildman–Crippen MR) is 78.1 cm³/mol. The molecule has 0 radical (unpaired) electrons. The van der Waals surface area contributed by atoms with E-state index in [-0.39, 0.29) is 12.8 Å². The van der Waals surface area contributed by atoms with Crippen LogP contribution in [0.5, 0.6) is 0 Å². The van der Waals surface area contributed by atoms with E-state index < -0.39 is 17.4 Å². The van der Waals surface area contributed by atoms with Crippen LogP contribution in [-0.2, 0) is 16.0 Å². The summed E-state index contributed by atoms with van der Waals surface area (Å²) < 4.78 is 0. The van der Waals surface area contributed by atoms with Crippen molar-refractivity contribution in [3.05, 3.63) is 35.9 Å². The monoisotopic (exact) mass is 291 g/mol. The maximum Gasteiger partial charge on any atom is 0.321 e. The van der Waals surface area contributed by atoms with Gasteiger partial charge in [0.1, 0.15) is 0 Å². The first-order valence-electron chi connectivity index (χ1n) is 7.28. The number of hydrogen-bond acceptors (Lipinski definition) is 3. The lowest BCUT2D eigenvalue weighted by molar-refractivity contribution is -0.165. The van der Waals surface area contributed by atoms with Crippen LogP contribution in [0.15, 0.2) is 30.3 Å². The van der Waals surface area contributed by atoms with Gasteiger partial charge in [0, 0.05) is 0 Å². The third-order valence-corrected chi connectivity index (χ3v) is 4.22. The second-order valence-electron chi connectivity index (χ2n) is 5.65. The Bertz CT molecular complexity index is 480. The van der Waals surface area contributed by atoms with E-state index in [9.17, 15) is 19.8 Å². The Balaban J connectivity index is 2.16. The smallest absolute Gasteiger partial charge is 0.321 e. The molecule has 114 valence electrons. The van der Waals surface area contributed by atoms with Gasteiger partial charge in [0.15, 0.2) is 5.41 Å². The maximum atomic E-state index is 11.7. The Hall–Kier alpha value is -1.88. The van der Waals surface area contributed by atoms with E-state index in [2.05, 4.69) is 4.90 Å². The minimum absolute atomic E-state index is 0.0202. The Morgan fingerprint density at radius 2 is 1.62 bits per heavy atom. The van der Waals surface area contributed by atoms with Crippen LogP contribution in [0.25, 0.3) is 0 Å². The van der Waals surface area contributed by atoms with E-state index in [4.69, 9.17) is 0 Å². The third-order valence-electron chi connectivity index (χ3n) is 4.22. The summed E-state index contributed by atoms with van der Waals surface area (Å²) in [7, 11) is 0. The molecule has 1 heterocycles. The highest BCUT2D eigenvalue weighted by atomic mass is 16.4. The molecule has 5 nitrogen and oxygen atoms in total. The van der Waals surface area contributed by atoms with Crippen molar-refractivity contribution in [3.8, 4) is 0 Å². The van der Waals surface area contributed by atoms with Crippen LogP contribution in [0.3, 0.4) is 0 Å². The summed E-state index contributed by atoms with van der Waals surface area (Å²) >= 11 is 0. The molecular weight excluding hydrogens is 270 g/mol. The van der Waals surface area contributed by atoms with Crippen LogP contribution in [0, 0.1) is 5.41 Å². The summed E-state index contributed by atoms with van der Waals surface area (Å²) in [6, 6.07) is 8.97. The van der Waals surface area contributed by atoms with E-state index in [0.29, 0.717) is 6.54 Å². The maximum absolute atomic E-state index is 11.7. The Morgan fingerprint density at radius 3 is 2.14 bits per heavy atom. The molecule has 0 saturated carbocycles. The van der Waals surface area contributed by atoms with Gasteiger partial charge in [-0.15, -0.1) is 0 Å². The molecule has 1 aromatic rings. The van der Waals surface area contributed by atoms with E-state index in [1.165, 1.54) is 0 Å². The second kappa shape index (κ2) is 6.72. The van der Waals surface area contributed by atoms with Crippen molar-refractivity contribution in [2.45, 2.75) is 25.7 Å². The molecule has 0 unspecified atom stereocenters. The van der Waals surface area contributed by atoms with Crippen molar-refractivity contribution in [2.75, 3.05) is 19.6 Å². The molecule has 2 N–H and O–H groups in total. The normalized spacial score (nSPS) is 16.0. The fourth-order valence-electron chi connectivity index (χ4n) is 2.84. The minimum atomic E-state index is -1.75. The molecule has 0 aliphatic carbocycles. The summed E-state index contributed by atoms with van der Waals surface area (Å²) in [5.41, 5.74) is -1.01. The lowest BCUT2D eigenvalue weighted by Crippen LogP contribution is -2.44. The highest BCUT2D eigenvalue weighted by Gasteiger charge is 2.46. The van der Waals surface area contributed by atoms with Crippen molar-refractivity contribution < 1.29 is 19.8 Å². The van der Waals surface area contributed by atoms with Crippen LogP contribution < -0.4 is 0 Å². The Kier molecular flexibility index (Phi) is 4.96. The number of nitrogens with zero attached hydrogens (tertiary/aromatic N) is 1. The van der Waals surface area contributed by atoms with E-state index in [0.717, 1.165) is 31.5 Å². The van der Waals surface area contributed by atoms with Crippen molar-refractivity contribution in [1.29, 1.82) is 0 Å². The summed E-state index contributed by atoms with van der Waals surface area (Å²) in [5.74, 6) is -2.50. The fraction of sp³-hybridized carbons (Fsp3) is 0.500. The lowest BCUT2D eigenvalue weighted by atomic mass is 9.78. The molecule has 21 heavy (non-hydrogen) atoms. The molecule has 0 aromatic heterocycles. The molecule has 5 heteroatoms. The first-order chi connectivity index (χ1) is 10.0. The van der Waals surface area contributed by atoms with Crippen LogP contribution in [-0.4, -0.2) is 46.7 Å². The third kappa shape index (κ3) is 3.61. The molecule has 1 aromatic carbocycles. The molecule has 0 amide bonds. The number of aliphatic carboxylic acids is 2. The van der Waals surface area contributed by atoms with Gasteiger partial charge in [0.2, 0.25) is 0 Å². The predicted octanol–water partition coefficient (Wildman–Crippen LogP) is 1.87. The Morgan fingerprint density at radius 1 is 1.05 bits per heavy atom. The molecule has 1 fully saturated rings. The molecule has 1 aliphatic rings. The average molecular weight is 291 g/mol. The van der Waals surface area contributed by atoms with Gasteiger partial charge < -0.3 is 15.1 Å². The number of benzene rings is 1. The van der Waals surface area contributed by atoms with Gasteiger partial charge in [-0.2, -0.15) is 0 Å². The minimum Gasteiger partial charge on any atom is -0.480 e. The van der Waals surface area contributed by atoms with Crippen molar-refractivity contribution in [2.24, 2.45) is 5.41 Å². The largest absolute Gasteiger partial charge is 0.480 e. The number of carboxylic acids is 2. The van der Waals surface area contributed by atoms with Crippen LogP contribution in [0.1, 0.15) is 24.8 Å². The molecule has 2 rings (SSSR count). The summed E-state index contributed by atoms with van der Waals surface area (Å²) in [4.78, 5) is 25.5. The van der Waals surface area contributed by atoms with Gasteiger partial charge in [0.25, 0.3) is 0 Å². The SMILES string of the molecule is O=C(O)C(CCN1CCCC1)(Cc1ccccc1)C(=O)O. The summed E-state index contributed by atoms with van der Waals surface area (Å²) in [6.07, 6.45) is 2.36. The summed E-state index contributed by atoms with van der Waals surface area (Å²) in [5, 5.41) is 19.1. The average Bonchev–Trinajstić information content (AvgIpc) is 2.97. The van der Waals surface area contributed by atoms with Crippen LogP contribution in [0.4, 0.5) is 0 Å². The number of likely N-dealkylation sites (tertiary alicyclic amines) is 1. The molecule has 1 aliphatic heterocycles. The first-order valence-corrected chi connectivity index (χ1v) is 7.28. The Labute approximate surface area is 124 Å². The van der Waals surface area contributed by atoms with Gasteiger partial charge in [0.05, 0.1) is 0 Å². The molecule has 1 saturated heterocycles. The number of rotatable bonds is 7. The number of carboxylic acid groups (broad SMARTS) is 2. The van der Waals surface area contributed by atoms with Gasteiger partial charge in [-0.1, -0.05) is 30.3 Å². The topological polar surface area (TPSA) is 77.8 Å². The first kappa shape index (κ1) is 15.5. The number of hydrogen-bond donors (Lipinski definition) is 2. The van der Waals surface area contributed by atoms with Crippen molar-refractivity contribution in [3.63, 3.8) is 0 Å². The van der Waals surface area contributed by atoms with Crippen molar-refractivity contribution in [1.82, 2.24) is 4.90 Å². The summed E-state index contributed by atoms with van der Waals surface area (Å²) in [6.45, 7) is 2.38. The second-order valence-corrected chi connectivity index (χ2v) is 5.65. The van der Waals surface area contributed by atoms with E-state index in [1.54, 1.807) is 24.3 Å². The zero-order chi connectivity index (χ0) is 15.3. The van der Waals surface area contributed by atoms with E-state index >= 15 is 0 Å². The molecule has 0 bridgehead atoms. The van der Waals surface area contributed by atoms with Crippen molar-refractivity contribution >= 4 is 11.9 Å². The van der Waals surface area contributed by atoms with Gasteiger partial charge >= 0.3 is 11.9 Å². The standard InChI is InChI=1S/C16H21NO4/c18-14(19)16(15(20)21,8-11-17-9-4-5-10-17)12-13-6-2-1-3-7-13/h1-3,6-7H,4-5,8-12H2,(H,18,19)(H,20,21). The molecule has 0 atom stereocenters. The highest BCUT2D eigenvalue weighted by Crippen LogP contribution is 2.29. The van der Waals surface area contributed by atoms with Gasteiger partial charge in [-0.25, -0.2) is 0 Å².